The fourth-order valence-corrected chi connectivity index (χ4v) is 6.87. The summed E-state index contributed by atoms with van der Waals surface area (Å²) in [6.45, 7) is 0.172. The number of amides is 1. The predicted molar refractivity (Wildman–Crippen MR) is 161 cm³/mol. The number of ketones is 2. The molecule has 1 amide bonds. The van der Waals surface area contributed by atoms with Crippen LogP contribution in [0.25, 0.3) is 5.76 Å². The molecule has 0 unspecified atom stereocenters. The Morgan fingerprint density at radius 2 is 1.80 bits per heavy atom. The van der Waals surface area contributed by atoms with E-state index in [-0.39, 0.29) is 47.7 Å². The molecular formula is C31H36N4O9. The number of hydrogen-bond acceptors (Lipinski definition) is 12. The van der Waals surface area contributed by atoms with Crippen molar-refractivity contribution in [3.05, 3.63) is 57.9 Å². The Kier molecular flexibility index (Phi) is 7.50. The maximum atomic E-state index is 14.1. The lowest BCUT2D eigenvalue weighted by atomic mass is 9.57. The summed E-state index contributed by atoms with van der Waals surface area (Å²) in [4.78, 5) is 42.8. The number of aromatic hydroxyl groups is 2. The van der Waals surface area contributed by atoms with Gasteiger partial charge in [0.2, 0.25) is 5.78 Å². The molecule has 1 fully saturated rings. The first-order chi connectivity index (χ1) is 20.6. The molecule has 5 rings (SSSR count). The van der Waals surface area contributed by atoms with Gasteiger partial charge >= 0.3 is 0 Å². The normalized spacial score (nSPS) is 24.6. The summed E-state index contributed by atoms with van der Waals surface area (Å²) in [5.74, 6) is -6.82. The number of aliphatic hydroxyl groups excluding tert-OH is 2. The van der Waals surface area contributed by atoms with Crippen LogP contribution >= 0.6 is 0 Å². The summed E-state index contributed by atoms with van der Waals surface area (Å²) in [6.07, 6.45) is 0.169. The number of fused-ring (bicyclic) bond motifs is 3. The van der Waals surface area contributed by atoms with Crippen LogP contribution in [0.4, 0.5) is 11.4 Å². The van der Waals surface area contributed by atoms with E-state index in [0.29, 0.717) is 22.6 Å². The predicted octanol–water partition coefficient (Wildman–Crippen LogP) is 1.36. The van der Waals surface area contributed by atoms with Crippen molar-refractivity contribution in [3.63, 3.8) is 0 Å². The SMILES string of the molecule is COc1ccc(CNc2cc(N(C)C)c3c(c2O)C(O)=C2C(=O)[C@]4(O)C(O)=C(C(N)=O)C(=O)[C@@H](N(C)C)[C@@H]4C[C@@H]2C3)cc1O. The zero-order valence-corrected chi connectivity index (χ0v) is 25.0. The number of anilines is 2. The Morgan fingerprint density at radius 1 is 1.11 bits per heavy atom. The standard InChI is InChI=1S/C31H36N4O9/c1-34(2)18-11-17(33-12-13-6-7-20(44-5)19(36)8-13)25(37)22-15(18)9-14-10-16-24(35(3)4)27(39)23(30(32)42)29(41)31(16,43)28(40)21(14)26(22)38/h6-8,11,14,16,24,33,36-38,41,43H,9-10,12H2,1-5H3,(H2,32,42)/t14-,16-,24-,31-/m0/s1. The molecular weight excluding hydrogens is 572 g/mol. The van der Waals surface area contributed by atoms with E-state index in [2.05, 4.69) is 5.32 Å². The van der Waals surface area contributed by atoms with Crippen LogP contribution in [0.3, 0.4) is 0 Å². The Labute approximate surface area is 253 Å². The minimum absolute atomic E-state index is 0.000354. The molecule has 2 aromatic rings. The summed E-state index contributed by atoms with van der Waals surface area (Å²) in [7, 11) is 8.12. The number of nitrogens with two attached hydrogens (primary N) is 1. The summed E-state index contributed by atoms with van der Waals surface area (Å²) in [6, 6.07) is 5.38. The van der Waals surface area contributed by atoms with E-state index in [1.807, 2.05) is 0 Å². The van der Waals surface area contributed by atoms with E-state index >= 15 is 0 Å². The van der Waals surface area contributed by atoms with Crippen LogP contribution in [-0.2, 0) is 27.3 Å². The van der Waals surface area contributed by atoms with Gasteiger partial charge in [0.15, 0.2) is 22.9 Å². The maximum Gasteiger partial charge on any atom is 0.255 e. The first kappa shape index (κ1) is 30.7. The van der Waals surface area contributed by atoms with Crippen molar-refractivity contribution in [2.75, 3.05) is 45.5 Å². The Morgan fingerprint density at radius 3 is 2.36 bits per heavy atom. The van der Waals surface area contributed by atoms with Crippen molar-refractivity contribution in [1.82, 2.24) is 4.90 Å². The molecule has 0 bridgehead atoms. The van der Waals surface area contributed by atoms with Crippen molar-refractivity contribution in [3.8, 4) is 17.2 Å². The molecule has 2 aromatic carbocycles. The van der Waals surface area contributed by atoms with E-state index in [1.165, 1.54) is 18.1 Å². The molecule has 234 valence electrons. The highest BCUT2D eigenvalue weighted by Gasteiger charge is 2.64. The lowest BCUT2D eigenvalue weighted by molar-refractivity contribution is -0.153. The van der Waals surface area contributed by atoms with Crippen LogP contribution < -0.4 is 20.7 Å². The van der Waals surface area contributed by atoms with Gasteiger partial charge in [0.05, 0.1) is 24.4 Å². The van der Waals surface area contributed by atoms with Crippen molar-refractivity contribution in [2.45, 2.75) is 31.0 Å². The molecule has 44 heavy (non-hydrogen) atoms. The number of phenolic OH excluding ortho intramolecular Hbond substituents is 2. The number of ether oxygens (including phenoxy) is 1. The molecule has 13 nitrogen and oxygen atoms in total. The van der Waals surface area contributed by atoms with Gasteiger partial charge in [-0.3, -0.25) is 19.3 Å². The van der Waals surface area contributed by atoms with Crippen molar-refractivity contribution >= 4 is 34.6 Å². The second kappa shape index (κ2) is 10.8. The molecule has 0 saturated heterocycles. The van der Waals surface area contributed by atoms with Crippen LogP contribution in [0.1, 0.15) is 23.1 Å². The number of carbonyl (C=O) groups is 3. The Balaban J connectivity index is 1.64. The molecule has 1 saturated carbocycles. The second-order valence-corrected chi connectivity index (χ2v) is 11.9. The molecule has 0 aromatic heterocycles. The Bertz CT molecular complexity index is 1660. The van der Waals surface area contributed by atoms with Crippen molar-refractivity contribution in [2.24, 2.45) is 17.6 Å². The minimum Gasteiger partial charge on any atom is -0.508 e. The van der Waals surface area contributed by atoms with Crippen molar-refractivity contribution < 1.29 is 44.7 Å². The van der Waals surface area contributed by atoms with Gasteiger partial charge in [0.1, 0.15) is 22.8 Å². The van der Waals surface area contributed by atoms with Crippen LogP contribution in [0.5, 0.6) is 17.2 Å². The average Bonchev–Trinajstić information content (AvgIpc) is 2.94. The highest BCUT2D eigenvalue weighted by molar-refractivity contribution is 6.24. The first-order valence-electron chi connectivity index (χ1n) is 14.0. The first-order valence-corrected chi connectivity index (χ1v) is 14.0. The summed E-state index contributed by atoms with van der Waals surface area (Å²) in [5, 5.41) is 59.2. The van der Waals surface area contributed by atoms with Gasteiger partial charge in [0.25, 0.3) is 5.91 Å². The van der Waals surface area contributed by atoms with E-state index in [9.17, 15) is 39.9 Å². The van der Waals surface area contributed by atoms with E-state index in [1.54, 1.807) is 51.3 Å². The highest BCUT2D eigenvalue weighted by atomic mass is 16.5. The minimum atomic E-state index is -2.71. The lowest BCUT2D eigenvalue weighted by Crippen LogP contribution is -2.65. The molecule has 8 N–H and O–H groups in total. The third kappa shape index (κ3) is 4.42. The third-order valence-electron chi connectivity index (χ3n) is 8.91. The van der Waals surface area contributed by atoms with Crippen molar-refractivity contribution in [1.29, 1.82) is 0 Å². The van der Waals surface area contributed by atoms with Crippen LogP contribution in [-0.4, -0.2) is 94.8 Å². The van der Waals surface area contributed by atoms with Gasteiger partial charge in [-0.2, -0.15) is 0 Å². The molecule has 4 atom stereocenters. The number of nitrogens with zero attached hydrogens (tertiary/aromatic N) is 2. The number of phenols is 2. The number of nitrogens with one attached hydrogen (secondary N) is 1. The van der Waals surface area contributed by atoms with Gasteiger partial charge in [-0.1, -0.05) is 6.07 Å². The largest absolute Gasteiger partial charge is 0.508 e. The number of methoxy groups -OCH3 is 1. The molecule has 13 heteroatoms. The molecule has 0 radical (unpaired) electrons. The highest BCUT2D eigenvalue weighted by Crippen LogP contribution is 2.54. The quantitative estimate of drug-likeness (QED) is 0.176. The van der Waals surface area contributed by atoms with Gasteiger partial charge in [-0.25, -0.2) is 0 Å². The number of carbonyl (C=O) groups excluding carboxylic acids is 3. The monoisotopic (exact) mass is 608 g/mol. The Hall–Kier alpha value is -4.75. The molecule has 0 heterocycles. The number of likely N-dealkylation sites (N-methyl/N-ethyl adjacent to an activating group) is 1. The number of hydrogen-bond donors (Lipinski definition) is 7. The fraction of sp³-hybridized carbons (Fsp3) is 0.387. The second-order valence-electron chi connectivity index (χ2n) is 11.9. The van der Waals surface area contributed by atoms with Crippen LogP contribution in [0, 0.1) is 11.8 Å². The topological polar surface area (TPSA) is 206 Å². The van der Waals surface area contributed by atoms with Crippen LogP contribution in [0.15, 0.2) is 41.2 Å². The summed E-state index contributed by atoms with van der Waals surface area (Å²) in [5.41, 5.74) is 3.65. The van der Waals surface area contributed by atoms with Crippen LogP contribution in [0.2, 0.25) is 0 Å². The number of rotatable bonds is 7. The van der Waals surface area contributed by atoms with Gasteiger partial charge < -0.3 is 46.2 Å². The summed E-state index contributed by atoms with van der Waals surface area (Å²) >= 11 is 0. The summed E-state index contributed by atoms with van der Waals surface area (Å²) < 4.78 is 5.08. The fourth-order valence-electron chi connectivity index (χ4n) is 6.87. The average molecular weight is 609 g/mol. The number of Topliss-reactive ketones (excluding diaryl/α,β-unsaturated/α-hetero) is 2. The van der Waals surface area contributed by atoms with E-state index in [0.717, 1.165) is 0 Å². The van der Waals surface area contributed by atoms with E-state index < -0.39 is 58.0 Å². The molecule has 3 aliphatic carbocycles. The number of benzene rings is 2. The number of aliphatic hydroxyl groups is 3. The van der Waals surface area contributed by atoms with Gasteiger partial charge in [-0.05, 0) is 62.2 Å². The zero-order valence-electron chi connectivity index (χ0n) is 25.0. The molecule has 0 aliphatic heterocycles. The van der Waals surface area contributed by atoms with E-state index in [4.69, 9.17) is 10.5 Å². The maximum absolute atomic E-state index is 14.1. The molecule has 0 spiro atoms. The van der Waals surface area contributed by atoms with Gasteiger partial charge in [0, 0.05) is 37.8 Å². The van der Waals surface area contributed by atoms with Gasteiger partial charge in [-0.15, -0.1) is 0 Å². The number of primary amides is 1. The lowest BCUT2D eigenvalue weighted by Gasteiger charge is -2.50. The molecule has 3 aliphatic rings. The third-order valence-corrected chi connectivity index (χ3v) is 8.91. The smallest absolute Gasteiger partial charge is 0.255 e. The zero-order chi connectivity index (χ0) is 32.4.